The predicted molar refractivity (Wildman–Crippen MR) is 74.5 cm³/mol. The maximum Gasteiger partial charge on any atom is 0.123 e. The molecule has 0 atom stereocenters. The molecule has 0 spiro atoms. The highest BCUT2D eigenvalue weighted by Gasteiger charge is 2.14. The van der Waals surface area contributed by atoms with Gasteiger partial charge in [0.05, 0.1) is 0 Å². The summed E-state index contributed by atoms with van der Waals surface area (Å²) in [6.07, 6.45) is 6.80. The SMILES string of the molecule is NCCCCc1cc(F)ccc1N1CCCCC1. The minimum Gasteiger partial charge on any atom is -0.371 e. The molecule has 1 aliphatic rings. The van der Waals surface area contributed by atoms with Gasteiger partial charge in [-0.3, -0.25) is 0 Å². The minimum absolute atomic E-state index is 0.126. The molecule has 1 saturated heterocycles. The zero-order valence-electron chi connectivity index (χ0n) is 11.0. The van der Waals surface area contributed by atoms with E-state index in [4.69, 9.17) is 5.73 Å². The quantitative estimate of drug-likeness (QED) is 0.814. The zero-order valence-corrected chi connectivity index (χ0v) is 11.0. The first-order valence-electron chi connectivity index (χ1n) is 7.04. The number of unbranched alkanes of at least 4 members (excludes halogenated alkanes) is 1. The summed E-state index contributed by atoms with van der Waals surface area (Å²) in [5.74, 6) is -0.126. The minimum atomic E-state index is -0.126. The van der Waals surface area contributed by atoms with Gasteiger partial charge in [-0.25, -0.2) is 4.39 Å². The number of hydrogen-bond donors (Lipinski definition) is 1. The summed E-state index contributed by atoms with van der Waals surface area (Å²) in [5.41, 5.74) is 7.89. The van der Waals surface area contributed by atoms with Crippen molar-refractivity contribution in [2.24, 2.45) is 5.73 Å². The van der Waals surface area contributed by atoms with Crippen molar-refractivity contribution in [3.8, 4) is 0 Å². The van der Waals surface area contributed by atoms with Gasteiger partial charge < -0.3 is 10.6 Å². The summed E-state index contributed by atoms with van der Waals surface area (Å²) in [4.78, 5) is 2.40. The van der Waals surface area contributed by atoms with Gasteiger partial charge in [-0.2, -0.15) is 0 Å². The van der Waals surface area contributed by atoms with Crippen LogP contribution in [-0.2, 0) is 6.42 Å². The van der Waals surface area contributed by atoms with Gasteiger partial charge in [0.2, 0.25) is 0 Å². The number of rotatable bonds is 5. The van der Waals surface area contributed by atoms with Crippen molar-refractivity contribution in [1.82, 2.24) is 0 Å². The molecule has 0 amide bonds. The third-order valence-corrected chi connectivity index (χ3v) is 3.64. The second-order valence-corrected chi connectivity index (χ2v) is 5.07. The molecule has 1 aromatic carbocycles. The molecule has 2 rings (SSSR count). The van der Waals surface area contributed by atoms with Crippen LogP contribution in [0.25, 0.3) is 0 Å². The lowest BCUT2D eigenvalue weighted by molar-refractivity contribution is 0.573. The predicted octanol–water partition coefficient (Wildman–Crippen LogP) is 3.10. The Balaban J connectivity index is 2.11. The van der Waals surface area contributed by atoms with Gasteiger partial charge in [0.25, 0.3) is 0 Å². The third-order valence-electron chi connectivity index (χ3n) is 3.64. The number of halogens is 1. The van der Waals surface area contributed by atoms with Crippen LogP contribution in [0.1, 0.15) is 37.7 Å². The number of nitrogens with zero attached hydrogens (tertiary/aromatic N) is 1. The lowest BCUT2D eigenvalue weighted by atomic mass is 10.0. The normalized spacial score (nSPS) is 16.0. The lowest BCUT2D eigenvalue weighted by Gasteiger charge is -2.30. The van der Waals surface area contributed by atoms with Gasteiger partial charge in [-0.15, -0.1) is 0 Å². The van der Waals surface area contributed by atoms with Crippen LogP contribution in [0.15, 0.2) is 18.2 Å². The third kappa shape index (κ3) is 3.45. The van der Waals surface area contributed by atoms with Crippen LogP contribution in [-0.4, -0.2) is 19.6 Å². The molecule has 0 saturated carbocycles. The van der Waals surface area contributed by atoms with E-state index in [0.717, 1.165) is 37.9 Å². The van der Waals surface area contributed by atoms with Crippen LogP contribution in [0.3, 0.4) is 0 Å². The van der Waals surface area contributed by atoms with Crippen molar-refractivity contribution >= 4 is 5.69 Å². The Bertz CT molecular complexity index is 373. The van der Waals surface area contributed by atoms with Crippen molar-refractivity contribution in [3.05, 3.63) is 29.6 Å². The zero-order chi connectivity index (χ0) is 12.8. The topological polar surface area (TPSA) is 29.3 Å². The second-order valence-electron chi connectivity index (χ2n) is 5.07. The van der Waals surface area contributed by atoms with Crippen LogP contribution < -0.4 is 10.6 Å². The largest absolute Gasteiger partial charge is 0.371 e. The van der Waals surface area contributed by atoms with E-state index in [-0.39, 0.29) is 5.82 Å². The van der Waals surface area contributed by atoms with Crippen molar-refractivity contribution in [2.45, 2.75) is 38.5 Å². The Labute approximate surface area is 109 Å². The lowest BCUT2D eigenvalue weighted by Crippen LogP contribution is -2.30. The second kappa shape index (κ2) is 6.74. The smallest absolute Gasteiger partial charge is 0.123 e. The maximum absolute atomic E-state index is 13.4. The van der Waals surface area contributed by atoms with E-state index in [2.05, 4.69) is 4.90 Å². The van der Waals surface area contributed by atoms with E-state index in [0.29, 0.717) is 6.54 Å². The first-order chi connectivity index (χ1) is 8.81. The van der Waals surface area contributed by atoms with Gasteiger partial charge >= 0.3 is 0 Å². The van der Waals surface area contributed by atoms with E-state index in [9.17, 15) is 4.39 Å². The van der Waals surface area contributed by atoms with Crippen LogP contribution in [0, 0.1) is 5.82 Å². The molecule has 0 radical (unpaired) electrons. The highest BCUT2D eigenvalue weighted by atomic mass is 19.1. The van der Waals surface area contributed by atoms with Crippen molar-refractivity contribution in [3.63, 3.8) is 0 Å². The van der Waals surface area contributed by atoms with E-state index < -0.39 is 0 Å². The summed E-state index contributed by atoms with van der Waals surface area (Å²) >= 11 is 0. The highest BCUT2D eigenvalue weighted by molar-refractivity contribution is 5.54. The summed E-state index contributed by atoms with van der Waals surface area (Å²) < 4.78 is 13.4. The Kier molecular flexibility index (Phi) is 5.00. The van der Waals surface area contributed by atoms with Gasteiger partial charge in [0.1, 0.15) is 5.82 Å². The number of hydrogen-bond acceptors (Lipinski definition) is 2. The first kappa shape index (κ1) is 13.3. The number of anilines is 1. The fraction of sp³-hybridized carbons (Fsp3) is 0.600. The van der Waals surface area contributed by atoms with Crippen LogP contribution in [0.2, 0.25) is 0 Å². The number of benzene rings is 1. The summed E-state index contributed by atoms with van der Waals surface area (Å²) in [7, 11) is 0. The molecule has 100 valence electrons. The molecule has 2 nitrogen and oxygen atoms in total. The number of piperidine rings is 1. The molecule has 1 aliphatic heterocycles. The van der Waals surface area contributed by atoms with Gasteiger partial charge in [0, 0.05) is 18.8 Å². The molecule has 1 aromatic rings. The Hall–Kier alpha value is -1.09. The molecule has 1 heterocycles. The molecule has 0 bridgehead atoms. The molecule has 3 heteroatoms. The fourth-order valence-electron chi connectivity index (χ4n) is 2.66. The Morgan fingerprint density at radius 1 is 1.11 bits per heavy atom. The van der Waals surface area contributed by atoms with Crippen molar-refractivity contribution in [1.29, 1.82) is 0 Å². The van der Waals surface area contributed by atoms with E-state index in [1.807, 2.05) is 6.07 Å². The van der Waals surface area contributed by atoms with Crippen LogP contribution in [0.5, 0.6) is 0 Å². The summed E-state index contributed by atoms with van der Waals surface area (Å²) in [5, 5.41) is 0. The van der Waals surface area contributed by atoms with Gasteiger partial charge in [-0.05, 0) is 68.8 Å². The molecule has 18 heavy (non-hydrogen) atoms. The first-order valence-corrected chi connectivity index (χ1v) is 7.04. The standard InChI is InChI=1S/C15H23FN2/c16-14-7-8-15(18-10-4-1-5-11-18)13(12-14)6-2-3-9-17/h7-8,12H,1-6,9-11,17H2. The van der Waals surface area contributed by atoms with E-state index in [1.54, 1.807) is 12.1 Å². The van der Waals surface area contributed by atoms with E-state index >= 15 is 0 Å². The van der Waals surface area contributed by atoms with Crippen LogP contribution >= 0.6 is 0 Å². The summed E-state index contributed by atoms with van der Waals surface area (Å²) in [6.45, 7) is 2.93. The molecule has 0 unspecified atom stereocenters. The molecule has 0 aliphatic carbocycles. The average Bonchev–Trinajstić information content (AvgIpc) is 2.40. The van der Waals surface area contributed by atoms with Gasteiger partial charge in [0.15, 0.2) is 0 Å². The average molecular weight is 250 g/mol. The summed E-state index contributed by atoms with van der Waals surface area (Å²) in [6, 6.07) is 5.22. The number of aryl methyl sites for hydroxylation is 1. The molecular weight excluding hydrogens is 227 g/mol. The Morgan fingerprint density at radius 3 is 2.61 bits per heavy atom. The number of nitrogens with two attached hydrogens (primary N) is 1. The monoisotopic (exact) mass is 250 g/mol. The highest BCUT2D eigenvalue weighted by Crippen LogP contribution is 2.26. The maximum atomic E-state index is 13.4. The van der Waals surface area contributed by atoms with Crippen LogP contribution in [0.4, 0.5) is 10.1 Å². The van der Waals surface area contributed by atoms with Gasteiger partial charge in [-0.1, -0.05) is 0 Å². The molecule has 0 aromatic heterocycles. The molecule has 1 fully saturated rings. The Morgan fingerprint density at radius 2 is 1.89 bits per heavy atom. The molecular formula is C15H23FN2. The fourth-order valence-corrected chi connectivity index (χ4v) is 2.66. The van der Waals surface area contributed by atoms with Crippen molar-refractivity contribution in [2.75, 3.05) is 24.5 Å². The van der Waals surface area contributed by atoms with Crippen molar-refractivity contribution < 1.29 is 4.39 Å². The van der Waals surface area contributed by atoms with E-state index in [1.165, 1.54) is 24.9 Å². The molecule has 2 N–H and O–H groups in total.